The van der Waals surface area contributed by atoms with Crippen LogP contribution in [0.15, 0.2) is 17.0 Å². The van der Waals surface area contributed by atoms with Crippen molar-refractivity contribution in [2.45, 2.75) is 18.2 Å². The van der Waals surface area contributed by atoms with Crippen LogP contribution in [0.25, 0.3) is 0 Å². The number of carbonyl (C=O) groups is 1. The van der Waals surface area contributed by atoms with Crippen molar-refractivity contribution in [2.75, 3.05) is 6.61 Å². The molecule has 3 nitrogen and oxygen atoms in total. The standard InChI is InChI=1S/C10H11ClO3S/c1-2-3-14-9-7(10(12)13)4-6(11)5-8(9)15/h4-5,15H,2-3H2,1H3,(H,12,13). The summed E-state index contributed by atoms with van der Waals surface area (Å²) in [4.78, 5) is 11.4. The van der Waals surface area contributed by atoms with E-state index in [-0.39, 0.29) is 11.3 Å². The minimum atomic E-state index is -1.07. The Morgan fingerprint density at radius 1 is 1.60 bits per heavy atom. The van der Waals surface area contributed by atoms with Crippen LogP contribution in [-0.2, 0) is 0 Å². The number of carboxylic acid groups (broad SMARTS) is 1. The van der Waals surface area contributed by atoms with Crippen LogP contribution in [0.5, 0.6) is 5.75 Å². The number of hydrogen-bond acceptors (Lipinski definition) is 3. The van der Waals surface area contributed by atoms with Gasteiger partial charge in [0.2, 0.25) is 0 Å². The highest BCUT2D eigenvalue weighted by Gasteiger charge is 2.15. The molecule has 0 saturated carbocycles. The number of ether oxygens (including phenoxy) is 1. The minimum Gasteiger partial charge on any atom is -0.492 e. The Bertz CT molecular complexity index is 379. The van der Waals surface area contributed by atoms with Crippen molar-refractivity contribution in [2.24, 2.45) is 0 Å². The third-order valence-electron chi connectivity index (χ3n) is 1.72. The predicted octanol–water partition coefficient (Wildman–Crippen LogP) is 3.12. The maximum absolute atomic E-state index is 10.9. The van der Waals surface area contributed by atoms with Gasteiger partial charge in [-0.05, 0) is 18.6 Å². The Morgan fingerprint density at radius 2 is 2.27 bits per heavy atom. The van der Waals surface area contributed by atoms with Gasteiger partial charge >= 0.3 is 5.97 Å². The average Bonchev–Trinajstić information content (AvgIpc) is 2.15. The van der Waals surface area contributed by atoms with Crippen LogP contribution in [0.4, 0.5) is 0 Å². The zero-order valence-corrected chi connectivity index (χ0v) is 9.81. The molecule has 0 heterocycles. The largest absolute Gasteiger partial charge is 0.492 e. The average molecular weight is 247 g/mol. The van der Waals surface area contributed by atoms with Gasteiger partial charge in [0.05, 0.1) is 6.61 Å². The molecule has 0 aliphatic heterocycles. The molecule has 0 unspecified atom stereocenters. The summed E-state index contributed by atoms with van der Waals surface area (Å²) in [6.45, 7) is 2.39. The molecule has 1 N–H and O–H groups in total. The maximum atomic E-state index is 10.9. The number of benzene rings is 1. The second-order valence-electron chi connectivity index (χ2n) is 2.96. The van der Waals surface area contributed by atoms with Gasteiger partial charge < -0.3 is 9.84 Å². The van der Waals surface area contributed by atoms with Crippen molar-refractivity contribution >= 4 is 30.2 Å². The zero-order valence-electron chi connectivity index (χ0n) is 8.16. The van der Waals surface area contributed by atoms with Crippen LogP contribution >= 0.6 is 24.2 Å². The van der Waals surface area contributed by atoms with Crippen molar-refractivity contribution in [3.8, 4) is 5.75 Å². The summed E-state index contributed by atoms with van der Waals surface area (Å²) in [5.74, 6) is -0.795. The van der Waals surface area contributed by atoms with Gasteiger partial charge in [-0.15, -0.1) is 12.6 Å². The van der Waals surface area contributed by atoms with Crippen LogP contribution in [0, 0.1) is 0 Å². The first-order chi connectivity index (χ1) is 7.06. The van der Waals surface area contributed by atoms with E-state index >= 15 is 0 Å². The van der Waals surface area contributed by atoms with E-state index in [4.69, 9.17) is 21.4 Å². The molecule has 0 aromatic heterocycles. The SMILES string of the molecule is CCCOc1c(S)cc(Cl)cc1C(=O)O. The van der Waals surface area contributed by atoms with Gasteiger partial charge in [-0.2, -0.15) is 0 Å². The van der Waals surface area contributed by atoms with E-state index in [1.165, 1.54) is 6.07 Å². The highest BCUT2D eigenvalue weighted by Crippen LogP contribution is 2.31. The molecule has 0 radical (unpaired) electrons. The predicted molar refractivity (Wildman–Crippen MR) is 61.4 cm³/mol. The quantitative estimate of drug-likeness (QED) is 0.803. The third kappa shape index (κ3) is 3.04. The number of thiol groups is 1. The number of aromatic carboxylic acids is 1. The highest BCUT2D eigenvalue weighted by atomic mass is 35.5. The lowest BCUT2D eigenvalue weighted by molar-refractivity contribution is 0.0691. The Morgan fingerprint density at radius 3 is 2.80 bits per heavy atom. The molecule has 0 saturated heterocycles. The second kappa shape index (κ2) is 5.28. The first-order valence-corrected chi connectivity index (χ1v) is 5.27. The number of hydrogen-bond donors (Lipinski definition) is 2. The molecule has 82 valence electrons. The topological polar surface area (TPSA) is 46.5 Å². The normalized spacial score (nSPS) is 10.1. The van der Waals surface area contributed by atoms with Gasteiger partial charge in [0.1, 0.15) is 11.3 Å². The molecule has 0 amide bonds. The van der Waals surface area contributed by atoms with E-state index in [1.807, 2.05) is 6.92 Å². The lowest BCUT2D eigenvalue weighted by atomic mass is 10.2. The molecule has 15 heavy (non-hydrogen) atoms. The summed E-state index contributed by atoms with van der Waals surface area (Å²) in [7, 11) is 0. The van der Waals surface area contributed by atoms with Crippen molar-refractivity contribution < 1.29 is 14.6 Å². The molecule has 1 rings (SSSR count). The first kappa shape index (κ1) is 12.2. The van der Waals surface area contributed by atoms with Crippen molar-refractivity contribution in [1.82, 2.24) is 0 Å². The summed E-state index contributed by atoms with van der Waals surface area (Å²) in [6, 6.07) is 2.91. The van der Waals surface area contributed by atoms with E-state index < -0.39 is 5.97 Å². The molecule has 0 atom stereocenters. The molecule has 0 fully saturated rings. The van der Waals surface area contributed by atoms with Crippen molar-refractivity contribution in [1.29, 1.82) is 0 Å². The molecule has 1 aromatic carbocycles. The summed E-state index contributed by atoms with van der Waals surface area (Å²) in [5, 5.41) is 9.28. The van der Waals surface area contributed by atoms with E-state index in [0.717, 1.165) is 6.42 Å². The zero-order chi connectivity index (χ0) is 11.4. The number of rotatable bonds is 4. The molecule has 5 heteroatoms. The molecule has 0 aliphatic rings. The van der Waals surface area contributed by atoms with Gasteiger partial charge in [0, 0.05) is 9.92 Å². The van der Waals surface area contributed by atoms with Gasteiger partial charge in [-0.3, -0.25) is 0 Å². The minimum absolute atomic E-state index is 0.0425. The van der Waals surface area contributed by atoms with Crippen LogP contribution < -0.4 is 4.74 Å². The van der Waals surface area contributed by atoms with Crippen molar-refractivity contribution in [3.63, 3.8) is 0 Å². The van der Waals surface area contributed by atoms with Crippen LogP contribution in [0.2, 0.25) is 5.02 Å². The summed E-state index contributed by atoms with van der Waals surface area (Å²) >= 11 is 9.86. The van der Waals surface area contributed by atoms with E-state index in [0.29, 0.717) is 16.5 Å². The summed E-state index contributed by atoms with van der Waals surface area (Å²) in [5.41, 5.74) is 0.0425. The number of carboxylic acids is 1. The Hall–Kier alpha value is -0.870. The molecule has 0 bridgehead atoms. The van der Waals surface area contributed by atoms with Gasteiger partial charge in [0.25, 0.3) is 0 Å². The van der Waals surface area contributed by atoms with E-state index in [1.54, 1.807) is 6.07 Å². The second-order valence-corrected chi connectivity index (χ2v) is 3.87. The van der Waals surface area contributed by atoms with E-state index in [9.17, 15) is 4.79 Å². The van der Waals surface area contributed by atoms with Gasteiger partial charge in [-0.25, -0.2) is 4.79 Å². The summed E-state index contributed by atoms with van der Waals surface area (Å²) < 4.78 is 5.32. The lowest BCUT2D eigenvalue weighted by Crippen LogP contribution is -2.04. The van der Waals surface area contributed by atoms with Gasteiger partial charge in [0.15, 0.2) is 0 Å². The molecular weight excluding hydrogens is 236 g/mol. The summed E-state index contributed by atoms with van der Waals surface area (Å²) in [6.07, 6.45) is 0.800. The fourth-order valence-corrected chi connectivity index (χ4v) is 1.71. The first-order valence-electron chi connectivity index (χ1n) is 4.44. The number of halogens is 1. The fourth-order valence-electron chi connectivity index (χ4n) is 1.09. The smallest absolute Gasteiger partial charge is 0.339 e. The molecule has 1 aromatic rings. The fraction of sp³-hybridized carbons (Fsp3) is 0.300. The Kier molecular flexibility index (Phi) is 4.29. The monoisotopic (exact) mass is 246 g/mol. The maximum Gasteiger partial charge on any atom is 0.339 e. The third-order valence-corrected chi connectivity index (χ3v) is 2.27. The Balaban J connectivity index is 3.15. The van der Waals surface area contributed by atoms with Crippen LogP contribution in [0.1, 0.15) is 23.7 Å². The van der Waals surface area contributed by atoms with Crippen LogP contribution in [0.3, 0.4) is 0 Å². The Labute approximate surface area is 98.4 Å². The van der Waals surface area contributed by atoms with Crippen LogP contribution in [-0.4, -0.2) is 17.7 Å². The molecular formula is C10H11ClO3S. The molecule has 0 spiro atoms. The van der Waals surface area contributed by atoms with Crippen molar-refractivity contribution in [3.05, 3.63) is 22.7 Å². The molecule has 0 aliphatic carbocycles. The highest BCUT2D eigenvalue weighted by molar-refractivity contribution is 7.80. The lowest BCUT2D eigenvalue weighted by Gasteiger charge is -2.11. The van der Waals surface area contributed by atoms with Gasteiger partial charge in [-0.1, -0.05) is 18.5 Å². The van der Waals surface area contributed by atoms with E-state index in [2.05, 4.69) is 12.6 Å².